The number of aromatic amines is 1. The third-order valence-corrected chi connectivity index (χ3v) is 2.34. The Morgan fingerprint density at radius 2 is 2.33 bits per heavy atom. The fourth-order valence-corrected chi connectivity index (χ4v) is 1.72. The van der Waals surface area contributed by atoms with E-state index in [1.807, 2.05) is 25.2 Å². The second-order valence-corrected chi connectivity index (χ2v) is 3.30. The van der Waals surface area contributed by atoms with E-state index in [0.717, 1.165) is 11.1 Å². The predicted molar refractivity (Wildman–Crippen MR) is 57.7 cm³/mol. The lowest BCUT2D eigenvalue weighted by Gasteiger charge is -2.01. The highest BCUT2D eigenvalue weighted by molar-refractivity contribution is 5.91. The molecular formula is C10H11N3O2. The van der Waals surface area contributed by atoms with E-state index in [9.17, 15) is 10.1 Å². The molecule has 5 heteroatoms. The molecule has 0 amide bonds. The largest absolute Gasteiger partial charge is 0.355 e. The molecule has 0 radical (unpaired) electrons. The Balaban J connectivity index is 2.69. The Morgan fingerprint density at radius 1 is 1.53 bits per heavy atom. The van der Waals surface area contributed by atoms with E-state index < -0.39 is 0 Å². The average molecular weight is 205 g/mol. The van der Waals surface area contributed by atoms with Gasteiger partial charge in [0.05, 0.1) is 22.0 Å². The molecule has 78 valence electrons. The number of hydrogen-bond acceptors (Lipinski definition) is 3. The molecule has 2 N–H and O–H groups in total. The van der Waals surface area contributed by atoms with Crippen molar-refractivity contribution >= 4 is 16.6 Å². The van der Waals surface area contributed by atoms with Crippen molar-refractivity contribution in [2.75, 3.05) is 7.05 Å². The molecule has 0 aliphatic heterocycles. The zero-order chi connectivity index (χ0) is 10.8. The van der Waals surface area contributed by atoms with Gasteiger partial charge in [-0.25, -0.2) is 0 Å². The highest BCUT2D eigenvalue weighted by Gasteiger charge is 2.16. The van der Waals surface area contributed by atoms with Crippen LogP contribution in [0.3, 0.4) is 0 Å². The second kappa shape index (κ2) is 3.70. The van der Waals surface area contributed by atoms with Gasteiger partial charge in [-0.15, -0.1) is 0 Å². The number of nitrogens with zero attached hydrogens (tertiary/aromatic N) is 1. The maximum absolute atomic E-state index is 10.8. The van der Waals surface area contributed by atoms with Gasteiger partial charge in [0.25, 0.3) is 5.69 Å². The first-order valence-corrected chi connectivity index (χ1v) is 4.62. The third kappa shape index (κ3) is 1.57. The molecule has 0 saturated carbocycles. The van der Waals surface area contributed by atoms with Crippen molar-refractivity contribution in [1.82, 2.24) is 10.3 Å². The Kier molecular flexibility index (Phi) is 2.39. The van der Waals surface area contributed by atoms with Gasteiger partial charge in [0.2, 0.25) is 0 Å². The van der Waals surface area contributed by atoms with Crippen molar-refractivity contribution in [3.8, 4) is 0 Å². The van der Waals surface area contributed by atoms with Crippen LogP contribution in [0.2, 0.25) is 0 Å². The molecule has 5 nitrogen and oxygen atoms in total. The van der Waals surface area contributed by atoms with Gasteiger partial charge in [-0.05, 0) is 18.7 Å². The van der Waals surface area contributed by atoms with Crippen molar-refractivity contribution in [2.45, 2.75) is 6.54 Å². The van der Waals surface area contributed by atoms with Crippen LogP contribution in [0.4, 0.5) is 5.69 Å². The Bertz CT molecular complexity index is 504. The van der Waals surface area contributed by atoms with Gasteiger partial charge in [-0.1, -0.05) is 12.1 Å². The molecular weight excluding hydrogens is 194 g/mol. The van der Waals surface area contributed by atoms with Crippen LogP contribution in [0.25, 0.3) is 10.9 Å². The van der Waals surface area contributed by atoms with Crippen molar-refractivity contribution in [3.63, 3.8) is 0 Å². The molecule has 0 unspecified atom stereocenters. The summed E-state index contributed by atoms with van der Waals surface area (Å²) in [6, 6.07) is 5.61. The molecule has 1 aromatic heterocycles. The minimum absolute atomic E-state index is 0.135. The smallest absolute Gasteiger partial charge is 0.294 e. The summed E-state index contributed by atoms with van der Waals surface area (Å²) >= 11 is 0. The van der Waals surface area contributed by atoms with E-state index in [2.05, 4.69) is 10.3 Å². The van der Waals surface area contributed by atoms with Crippen molar-refractivity contribution in [3.05, 3.63) is 40.1 Å². The lowest BCUT2D eigenvalue weighted by Crippen LogP contribution is -2.05. The van der Waals surface area contributed by atoms with E-state index in [-0.39, 0.29) is 10.6 Å². The summed E-state index contributed by atoms with van der Waals surface area (Å²) in [6.07, 6.45) is 1.43. The standard InChI is InChI=1S/C10H11N3O2/c1-11-5-7-3-2-4-8-10(7)9(6-12-8)13(14)15/h2-4,6,11-12H,5H2,1H3. The summed E-state index contributed by atoms with van der Waals surface area (Å²) < 4.78 is 0. The third-order valence-electron chi connectivity index (χ3n) is 2.34. The highest BCUT2D eigenvalue weighted by Crippen LogP contribution is 2.28. The lowest BCUT2D eigenvalue weighted by atomic mass is 10.1. The minimum atomic E-state index is -0.363. The van der Waals surface area contributed by atoms with Gasteiger partial charge >= 0.3 is 0 Å². The molecule has 2 aromatic rings. The number of hydrogen-bond donors (Lipinski definition) is 2. The van der Waals surface area contributed by atoms with Crippen LogP contribution in [0.5, 0.6) is 0 Å². The molecule has 0 fully saturated rings. The Hall–Kier alpha value is -1.88. The molecule has 0 aliphatic rings. The second-order valence-electron chi connectivity index (χ2n) is 3.30. The number of nitrogens with one attached hydrogen (secondary N) is 2. The van der Waals surface area contributed by atoms with Crippen LogP contribution < -0.4 is 5.32 Å². The monoisotopic (exact) mass is 205 g/mol. The maximum Gasteiger partial charge on any atom is 0.294 e. The van der Waals surface area contributed by atoms with E-state index in [1.165, 1.54) is 6.20 Å². The number of aromatic nitrogens is 1. The van der Waals surface area contributed by atoms with E-state index in [1.54, 1.807) is 0 Å². The van der Waals surface area contributed by atoms with Crippen LogP contribution >= 0.6 is 0 Å². The highest BCUT2D eigenvalue weighted by atomic mass is 16.6. The summed E-state index contributed by atoms with van der Waals surface area (Å²) in [5, 5.41) is 14.5. The normalized spacial score (nSPS) is 10.7. The molecule has 1 heterocycles. The number of H-pyrrole nitrogens is 1. The van der Waals surface area contributed by atoms with Crippen LogP contribution in [0.15, 0.2) is 24.4 Å². The Morgan fingerprint density at radius 3 is 3.00 bits per heavy atom. The predicted octanol–water partition coefficient (Wildman–Crippen LogP) is 1.80. The first kappa shape index (κ1) is 9.67. The maximum atomic E-state index is 10.8. The van der Waals surface area contributed by atoms with Crippen LogP contribution in [-0.4, -0.2) is 17.0 Å². The molecule has 1 aromatic carbocycles. The van der Waals surface area contributed by atoms with Gasteiger partial charge in [0, 0.05) is 6.54 Å². The fourth-order valence-electron chi connectivity index (χ4n) is 1.72. The summed E-state index contributed by atoms with van der Waals surface area (Å²) in [7, 11) is 1.82. The zero-order valence-electron chi connectivity index (χ0n) is 8.28. The van der Waals surface area contributed by atoms with Gasteiger partial charge in [-0.3, -0.25) is 10.1 Å². The number of fused-ring (bicyclic) bond motifs is 1. The van der Waals surface area contributed by atoms with Crippen molar-refractivity contribution in [1.29, 1.82) is 0 Å². The van der Waals surface area contributed by atoms with Crippen LogP contribution in [-0.2, 0) is 6.54 Å². The van der Waals surface area contributed by atoms with Crippen LogP contribution in [0.1, 0.15) is 5.56 Å². The SMILES string of the molecule is CNCc1cccc2[nH]cc([N+](=O)[O-])c12. The van der Waals surface area contributed by atoms with E-state index in [4.69, 9.17) is 0 Å². The lowest BCUT2D eigenvalue weighted by molar-refractivity contribution is -0.383. The van der Waals surface area contributed by atoms with E-state index >= 15 is 0 Å². The molecule has 0 saturated heterocycles. The van der Waals surface area contributed by atoms with Crippen LogP contribution in [0, 0.1) is 10.1 Å². The van der Waals surface area contributed by atoms with Crippen molar-refractivity contribution < 1.29 is 4.92 Å². The fraction of sp³-hybridized carbons (Fsp3) is 0.200. The average Bonchev–Trinajstić information content (AvgIpc) is 2.62. The number of nitro groups is 1. The van der Waals surface area contributed by atoms with E-state index in [0.29, 0.717) is 11.9 Å². The summed E-state index contributed by atoms with van der Waals surface area (Å²) in [5.74, 6) is 0. The first-order chi connectivity index (χ1) is 7.24. The first-order valence-electron chi connectivity index (χ1n) is 4.62. The molecule has 0 aliphatic carbocycles. The summed E-state index contributed by atoms with van der Waals surface area (Å²) in [4.78, 5) is 13.3. The molecule has 2 rings (SSSR count). The van der Waals surface area contributed by atoms with Gasteiger partial charge in [0.15, 0.2) is 0 Å². The topological polar surface area (TPSA) is 71.0 Å². The number of rotatable bonds is 3. The Labute approximate surface area is 86.3 Å². The summed E-state index contributed by atoms with van der Waals surface area (Å²) in [5.41, 5.74) is 1.87. The summed E-state index contributed by atoms with van der Waals surface area (Å²) in [6.45, 7) is 0.621. The van der Waals surface area contributed by atoms with Gasteiger partial charge in [-0.2, -0.15) is 0 Å². The molecule has 15 heavy (non-hydrogen) atoms. The minimum Gasteiger partial charge on any atom is -0.355 e. The molecule has 0 spiro atoms. The van der Waals surface area contributed by atoms with Gasteiger partial charge in [0.1, 0.15) is 0 Å². The zero-order valence-corrected chi connectivity index (χ0v) is 8.28. The quantitative estimate of drug-likeness (QED) is 0.592. The molecule has 0 atom stereocenters. The van der Waals surface area contributed by atoms with Gasteiger partial charge < -0.3 is 10.3 Å². The van der Waals surface area contributed by atoms with Crippen molar-refractivity contribution in [2.24, 2.45) is 0 Å². The molecule has 0 bridgehead atoms. The number of benzene rings is 1.